The molecule has 0 saturated heterocycles. The molecule has 1 heterocycles. The van der Waals surface area contributed by atoms with Gasteiger partial charge in [0.1, 0.15) is 5.82 Å². The molecule has 0 aliphatic heterocycles. The van der Waals surface area contributed by atoms with Crippen molar-refractivity contribution < 1.29 is 9.35 Å². The van der Waals surface area contributed by atoms with Crippen LogP contribution in [0.5, 0.6) is 0 Å². The molecule has 1 aromatic heterocycles. The average molecular weight is 387 g/mol. The Hall–Kier alpha value is -2.50. The number of nitriles is 1. The van der Waals surface area contributed by atoms with Crippen molar-refractivity contribution in [3.63, 3.8) is 0 Å². The van der Waals surface area contributed by atoms with Gasteiger partial charge in [-0.1, -0.05) is 26.8 Å². The standard InChI is InChI=1S/C19H26N4O3Si/c1-19(2,3)27(4,5)26-9-8-16-13-21-18(22-16)11-15-7-6-14(12-20)10-17(15)23(24)25/h6-7,10,13H,8-9,11H2,1-5H3,(H,21,22). The van der Waals surface area contributed by atoms with Crippen LogP contribution < -0.4 is 0 Å². The predicted octanol–water partition coefficient (Wildman–Crippen LogP) is 4.34. The predicted molar refractivity (Wildman–Crippen MR) is 106 cm³/mol. The molecule has 27 heavy (non-hydrogen) atoms. The lowest BCUT2D eigenvalue weighted by Crippen LogP contribution is -2.41. The van der Waals surface area contributed by atoms with Crippen molar-refractivity contribution in [2.75, 3.05) is 6.61 Å². The third-order valence-electron chi connectivity index (χ3n) is 5.09. The van der Waals surface area contributed by atoms with E-state index in [1.807, 2.05) is 6.07 Å². The molecule has 7 nitrogen and oxygen atoms in total. The molecule has 0 spiro atoms. The highest BCUT2D eigenvalue weighted by molar-refractivity contribution is 6.74. The molecule has 144 valence electrons. The first-order valence-corrected chi connectivity index (χ1v) is 11.8. The van der Waals surface area contributed by atoms with Crippen LogP contribution in [0.3, 0.4) is 0 Å². The average Bonchev–Trinajstić information content (AvgIpc) is 3.01. The molecule has 0 aliphatic carbocycles. The van der Waals surface area contributed by atoms with E-state index in [0.717, 1.165) is 12.1 Å². The van der Waals surface area contributed by atoms with Crippen molar-refractivity contribution in [3.05, 3.63) is 57.2 Å². The Kier molecular flexibility index (Phi) is 6.18. The van der Waals surface area contributed by atoms with Gasteiger partial charge in [0.05, 0.1) is 16.6 Å². The van der Waals surface area contributed by atoms with Crippen molar-refractivity contribution in [2.45, 2.75) is 51.7 Å². The number of imidazole rings is 1. The first-order valence-electron chi connectivity index (χ1n) is 8.87. The molecule has 0 fully saturated rings. The summed E-state index contributed by atoms with van der Waals surface area (Å²) < 4.78 is 6.17. The summed E-state index contributed by atoms with van der Waals surface area (Å²) in [6, 6.07) is 6.42. The van der Waals surface area contributed by atoms with Gasteiger partial charge in [-0.2, -0.15) is 5.26 Å². The van der Waals surface area contributed by atoms with E-state index in [9.17, 15) is 10.1 Å². The van der Waals surface area contributed by atoms with Crippen LogP contribution in [-0.2, 0) is 17.3 Å². The summed E-state index contributed by atoms with van der Waals surface area (Å²) in [5.74, 6) is 0.658. The molecule has 0 unspecified atom stereocenters. The number of rotatable bonds is 7. The Labute approximate surface area is 160 Å². The summed E-state index contributed by atoms with van der Waals surface area (Å²) in [7, 11) is -1.78. The maximum atomic E-state index is 11.3. The molecule has 0 atom stereocenters. The molecule has 2 rings (SSSR count). The quantitative estimate of drug-likeness (QED) is 0.433. The molecule has 2 aromatic rings. The van der Waals surface area contributed by atoms with Gasteiger partial charge in [-0.05, 0) is 24.2 Å². The van der Waals surface area contributed by atoms with Crippen LogP contribution in [0.4, 0.5) is 5.69 Å². The highest BCUT2D eigenvalue weighted by Gasteiger charge is 2.36. The molecule has 1 aromatic carbocycles. The second-order valence-electron chi connectivity index (χ2n) is 8.10. The fourth-order valence-corrected chi connectivity index (χ4v) is 3.43. The van der Waals surface area contributed by atoms with Gasteiger partial charge in [0.2, 0.25) is 0 Å². The molecule has 8 heteroatoms. The highest BCUT2D eigenvalue weighted by atomic mass is 28.4. The van der Waals surface area contributed by atoms with Gasteiger partial charge >= 0.3 is 0 Å². The van der Waals surface area contributed by atoms with E-state index >= 15 is 0 Å². The summed E-state index contributed by atoms with van der Waals surface area (Å²) in [5.41, 5.74) is 1.68. The number of hydrogen-bond donors (Lipinski definition) is 1. The Balaban J connectivity index is 2.03. The Morgan fingerprint density at radius 3 is 2.67 bits per heavy atom. The Bertz CT molecular complexity index is 863. The van der Waals surface area contributed by atoms with Gasteiger partial charge in [-0.25, -0.2) is 4.98 Å². The number of aromatic amines is 1. The summed E-state index contributed by atoms with van der Waals surface area (Å²) in [6.07, 6.45) is 2.78. The van der Waals surface area contributed by atoms with E-state index in [0.29, 0.717) is 24.4 Å². The van der Waals surface area contributed by atoms with Crippen LogP contribution >= 0.6 is 0 Å². The summed E-state index contributed by atoms with van der Waals surface area (Å²) in [4.78, 5) is 18.3. The van der Waals surface area contributed by atoms with E-state index in [2.05, 4.69) is 43.8 Å². The van der Waals surface area contributed by atoms with E-state index in [4.69, 9.17) is 9.69 Å². The number of H-pyrrole nitrogens is 1. The van der Waals surface area contributed by atoms with Gasteiger partial charge in [-0.15, -0.1) is 0 Å². The Morgan fingerprint density at radius 2 is 2.07 bits per heavy atom. The topological polar surface area (TPSA) is 105 Å². The maximum Gasteiger partial charge on any atom is 0.274 e. The van der Waals surface area contributed by atoms with E-state index in [-0.39, 0.29) is 16.3 Å². The lowest BCUT2D eigenvalue weighted by Gasteiger charge is -2.36. The van der Waals surface area contributed by atoms with E-state index in [1.54, 1.807) is 18.3 Å². The van der Waals surface area contributed by atoms with Crippen molar-refractivity contribution in [1.29, 1.82) is 5.26 Å². The number of nitro benzene ring substituents is 1. The van der Waals surface area contributed by atoms with Crippen molar-refractivity contribution in [1.82, 2.24) is 9.97 Å². The monoisotopic (exact) mass is 386 g/mol. The summed E-state index contributed by atoms with van der Waals surface area (Å²) >= 11 is 0. The summed E-state index contributed by atoms with van der Waals surface area (Å²) in [6.45, 7) is 11.7. The zero-order chi connectivity index (χ0) is 20.2. The number of hydrogen-bond acceptors (Lipinski definition) is 5. The van der Waals surface area contributed by atoms with Gasteiger partial charge in [0.25, 0.3) is 5.69 Å². The van der Waals surface area contributed by atoms with Crippen molar-refractivity contribution in [3.8, 4) is 6.07 Å². The van der Waals surface area contributed by atoms with E-state index in [1.165, 1.54) is 6.07 Å². The van der Waals surface area contributed by atoms with Crippen LogP contribution in [0.15, 0.2) is 24.4 Å². The maximum absolute atomic E-state index is 11.3. The van der Waals surface area contributed by atoms with Crippen molar-refractivity contribution >= 4 is 14.0 Å². The smallest absolute Gasteiger partial charge is 0.274 e. The second-order valence-corrected chi connectivity index (χ2v) is 12.9. The number of nitrogens with one attached hydrogen (secondary N) is 1. The lowest BCUT2D eigenvalue weighted by atomic mass is 10.1. The van der Waals surface area contributed by atoms with Gasteiger partial charge in [-0.3, -0.25) is 10.1 Å². The zero-order valence-corrected chi connectivity index (χ0v) is 17.5. The van der Waals surface area contributed by atoms with Gasteiger partial charge < -0.3 is 9.41 Å². The number of benzene rings is 1. The molecular weight excluding hydrogens is 360 g/mol. The van der Waals surface area contributed by atoms with Gasteiger partial charge in [0, 0.05) is 43.0 Å². The number of nitro groups is 1. The molecule has 1 N–H and O–H groups in total. The first kappa shape index (κ1) is 20.8. The van der Waals surface area contributed by atoms with Gasteiger partial charge in [0.15, 0.2) is 8.32 Å². The SMILES string of the molecule is CC(C)(C)[Si](C)(C)OCCc1cnc(Cc2ccc(C#N)cc2[N+](=O)[O-])[nH]1. The molecule has 0 aliphatic rings. The second kappa shape index (κ2) is 8.02. The minimum absolute atomic E-state index is 0.0618. The van der Waals surface area contributed by atoms with E-state index < -0.39 is 13.2 Å². The zero-order valence-electron chi connectivity index (χ0n) is 16.5. The minimum atomic E-state index is -1.78. The molecule has 0 bridgehead atoms. The third-order valence-corrected chi connectivity index (χ3v) is 9.63. The first-order chi connectivity index (χ1) is 12.5. The number of nitrogens with zero attached hydrogens (tertiary/aromatic N) is 3. The molecule has 0 radical (unpaired) electrons. The van der Waals surface area contributed by atoms with Crippen LogP contribution in [-0.4, -0.2) is 29.8 Å². The fraction of sp³-hybridized carbons (Fsp3) is 0.474. The summed E-state index contributed by atoms with van der Waals surface area (Å²) in [5, 5.41) is 20.3. The van der Waals surface area contributed by atoms with Crippen LogP contribution in [0.2, 0.25) is 18.1 Å². The van der Waals surface area contributed by atoms with Crippen molar-refractivity contribution in [2.24, 2.45) is 0 Å². The minimum Gasteiger partial charge on any atom is -0.416 e. The highest BCUT2D eigenvalue weighted by Crippen LogP contribution is 2.36. The molecular formula is C19H26N4O3Si. The van der Waals surface area contributed by atoms with Crippen LogP contribution in [0, 0.1) is 21.4 Å². The largest absolute Gasteiger partial charge is 0.416 e. The molecule has 0 saturated carbocycles. The normalized spacial score (nSPS) is 12.0. The Morgan fingerprint density at radius 1 is 1.37 bits per heavy atom. The third kappa shape index (κ3) is 5.25. The lowest BCUT2D eigenvalue weighted by molar-refractivity contribution is -0.385. The fourth-order valence-electron chi connectivity index (χ4n) is 2.39. The van der Waals surface area contributed by atoms with Crippen LogP contribution in [0.25, 0.3) is 0 Å². The number of aromatic nitrogens is 2. The molecule has 0 amide bonds. The van der Waals surface area contributed by atoms with Crippen LogP contribution in [0.1, 0.15) is 43.4 Å².